The van der Waals surface area contributed by atoms with Crippen LogP contribution in [0.15, 0.2) is 12.3 Å². The first-order valence-electron chi connectivity index (χ1n) is 4.25. The Labute approximate surface area is 80.9 Å². The Bertz CT molecular complexity index is 325. The van der Waals surface area contributed by atoms with E-state index in [1.807, 2.05) is 0 Å². The number of aromatic nitrogens is 1. The molecule has 1 atom stereocenters. The molecule has 4 heteroatoms. The van der Waals surface area contributed by atoms with Crippen LogP contribution in [0.5, 0.6) is 0 Å². The van der Waals surface area contributed by atoms with Crippen LogP contribution in [0.2, 0.25) is 5.02 Å². The summed E-state index contributed by atoms with van der Waals surface area (Å²) in [6, 6.07) is 1.53. The maximum atomic E-state index is 12.7. The molecule has 0 spiro atoms. The highest BCUT2D eigenvalue weighted by atomic mass is 35.5. The van der Waals surface area contributed by atoms with Gasteiger partial charge in [0.05, 0.1) is 5.02 Å². The summed E-state index contributed by atoms with van der Waals surface area (Å²) in [5.41, 5.74) is 6.73. The molecule has 1 saturated carbocycles. The second kappa shape index (κ2) is 3.24. The van der Waals surface area contributed by atoms with Crippen molar-refractivity contribution in [1.29, 1.82) is 0 Å². The minimum atomic E-state index is -0.631. The zero-order chi connectivity index (χ0) is 9.42. The largest absolute Gasteiger partial charge is 0.324 e. The third-order valence-electron chi connectivity index (χ3n) is 2.33. The summed E-state index contributed by atoms with van der Waals surface area (Å²) in [6.45, 7) is 0. The van der Waals surface area contributed by atoms with Crippen LogP contribution in [0.1, 0.15) is 24.4 Å². The molecule has 1 aliphatic rings. The van der Waals surface area contributed by atoms with Crippen molar-refractivity contribution in [2.24, 2.45) is 11.7 Å². The van der Waals surface area contributed by atoms with Gasteiger partial charge in [-0.2, -0.15) is 4.39 Å². The lowest BCUT2D eigenvalue weighted by molar-refractivity contribution is 0.574. The van der Waals surface area contributed by atoms with Crippen molar-refractivity contribution in [3.05, 3.63) is 28.8 Å². The summed E-state index contributed by atoms with van der Waals surface area (Å²) in [5, 5.41) is 0.0496. The van der Waals surface area contributed by atoms with Crippen molar-refractivity contribution in [2.45, 2.75) is 18.9 Å². The van der Waals surface area contributed by atoms with Gasteiger partial charge in [0.2, 0.25) is 5.95 Å². The Kier molecular flexibility index (Phi) is 2.22. The van der Waals surface area contributed by atoms with Crippen LogP contribution in [-0.4, -0.2) is 4.98 Å². The van der Waals surface area contributed by atoms with E-state index in [2.05, 4.69) is 4.98 Å². The van der Waals surface area contributed by atoms with E-state index in [1.54, 1.807) is 6.07 Å². The molecule has 0 bridgehead atoms. The van der Waals surface area contributed by atoms with Gasteiger partial charge in [-0.05, 0) is 30.4 Å². The van der Waals surface area contributed by atoms with Crippen LogP contribution in [-0.2, 0) is 0 Å². The molecule has 0 saturated heterocycles. The third kappa shape index (κ3) is 1.81. The highest BCUT2D eigenvalue weighted by Gasteiger charge is 2.29. The molecule has 1 aromatic rings. The Morgan fingerprint density at radius 2 is 2.31 bits per heavy atom. The Hall–Kier alpha value is -0.670. The van der Waals surface area contributed by atoms with Gasteiger partial charge in [-0.15, -0.1) is 0 Å². The number of nitrogens with zero attached hydrogens (tertiary/aromatic N) is 1. The topological polar surface area (TPSA) is 38.9 Å². The molecular weight excluding hydrogens is 191 g/mol. The maximum absolute atomic E-state index is 12.7. The molecule has 1 aliphatic carbocycles. The molecule has 0 aliphatic heterocycles. The van der Waals surface area contributed by atoms with Crippen LogP contribution in [0, 0.1) is 11.9 Å². The Morgan fingerprint density at radius 3 is 2.85 bits per heavy atom. The SMILES string of the molecule is NC(c1cnc(F)c(Cl)c1)C1CC1. The first-order valence-corrected chi connectivity index (χ1v) is 4.63. The van der Waals surface area contributed by atoms with Gasteiger partial charge in [-0.1, -0.05) is 11.6 Å². The lowest BCUT2D eigenvalue weighted by Crippen LogP contribution is -2.12. The van der Waals surface area contributed by atoms with E-state index in [4.69, 9.17) is 17.3 Å². The van der Waals surface area contributed by atoms with E-state index in [0.29, 0.717) is 5.92 Å². The van der Waals surface area contributed by atoms with Crippen molar-refractivity contribution in [3.8, 4) is 0 Å². The van der Waals surface area contributed by atoms with E-state index in [1.165, 1.54) is 6.20 Å². The lowest BCUT2D eigenvalue weighted by Gasteiger charge is -2.09. The molecule has 2 rings (SSSR count). The van der Waals surface area contributed by atoms with Gasteiger partial charge in [-0.3, -0.25) is 0 Å². The van der Waals surface area contributed by atoms with Gasteiger partial charge in [0.15, 0.2) is 0 Å². The fourth-order valence-corrected chi connectivity index (χ4v) is 1.52. The van der Waals surface area contributed by atoms with E-state index >= 15 is 0 Å². The number of halogens is 2. The molecule has 1 heterocycles. The summed E-state index contributed by atoms with van der Waals surface area (Å²) in [7, 11) is 0. The summed E-state index contributed by atoms with van der Waals surface area (Å²) < 4.78 is 12.7. The van der Waals surface area contributed by atoms with Gasteiger partial charge < -0.3 is 5.73 Å². The molecule has 1 aromatic heterocycles. The van der Waals surface area contributed by atoms with Crippen molar-refractivity contribution < 1.29 is 4.39 Å². The van der Waals surface area contributed by atoms with E-state index in [9.17, 15) is 4.39 Å². The number of hydrogen-bond acceptors (Lipinski definition) is 2. The highest BCUT2D eigenvalue weighted by molar-refractivity contribution is 6.30. The van der Waals surface area contributed by atoms with Crippen molar-refractivity contribution in [1.82, 2.24) is 4.98 Å². The lowest BCUT2D eigenvalue weighted by atomic mass is 10.1. The van der Waals surface area contributed by atoms with Crippen LogP contribution >= 0.6 is 11.6 Å². The molecule has 2 N–H and O–H groups in total. The van der Waals surface area contributed by atoms with Gasteiger partial charge in [0.1, 0.15) is 0 Å². The fourth-order valence-electron chi connectivity index (χ4n) is 1.35. The molecule has 70 valence electrons. The molecule has 1 fully saturated rings. The standard InChI is InChI=1S/C9H10ClFN2/c10-7-3-6(4-13-9(7)11)8(12)5-1-2-5/h3-5,8H,1-2,12H2. The maximum Gasteiger partial charge on any atom is 0.231 e. The first kappa shape index (κ1) is 8.91. The molecule has 0 amide bonds. The average molecular weight is 201 g/mol. The van der Waals surface area contributed by atoms with Crippen LogP contribution in [0.4, 0.5) is 4.39 Å². The van der Waals surface area contributed by atoms with Crippen molar-refractivity contribution >= 4 is 11.6 Å². The van der Waals surface area contributed by atoms with Crippen molar-refractivity contribution in [2.75, 3.05) is 0 Å². The van der Waals surface area contributed by atoms with E-state index in [-0.39, 0.29) is 11.1 Å². The van der Waals surface area contributed by atoms with E-state index in [0.717, 1.165) is 18.4 Å². The molecule has 1 unspecified atom stereocenters. The zero-order valence-corrected chi connectivity index (χ0v) is 7.76. The summed E-state index contributed by atoms with van der Waals surface area (Å²) in [5.74, 6) is -0.100. The fraction of sp³-hybridized carbons (Fsp3) is 0.444. The predicted octanol–water partition coefficient (Wildman–Crippen LogP) is 2.28. The van der Waals surface area contributed by atoms with E-state index < -0.39 is 5.95 Å². The van der Waals surface area contributed by atoms with Crippen LogP contribution < -0.4 is 5.73 Å². The summed E-state index contributed by atoms with van der Waals surface area (Å²) in [6.07, 6.45) is 3.76. The predicted molar refractivity (Wildman–Crippen MR) is 48.9 cm³/mol. The Balaban J connectivity index is 2.24. The molecular formula is C9H10ClFN2. The summed E-state index contributed by atoms with van der Waals surface area (Å²) >= 11 is 5.59. The van der Waals surface area contributed by atoms with Gasteiger partial charge in [-0.25, -0.2) is 4.98 Å². The highest BCUT2D eigenvalue weighted by Crippen LogP contribution is 2.39. The smallest absolute Gasteiger partial charge is 0.231 e. The third-order valence-corrected chi connectivity index (χ3v) is 2.60. The van der Waals surface area contributed by atoms with Crippen molar-refractivity contribution in [3.63, 3.8) is 0 Å². The zero-order valence-electron chi connectivity index (χ0n) is 7.00. The number of pyridine rings is 1. The molecule has 13 heavy (non-hydrogen) atoms. The van der Waals surface area contributed by atoms with Crippen LogP contribution in [0.3, 0.4) is 0 Å². The molecule has 2 nitrogen and oxygen atoms in total. The first-order chi connectivity index (χ1) is 6.18. The van der Waals surface area contributed by atoms with Crippen LogP contribution in [0.25, 0.3) is 0 Å². The quantitative estimate of drug-likeness (QED) is 0.744. The summed E-state index contributed by atoms with van der Waals surface area (Å²) in [4.78, 5) is 3.53. The minimum absolute atomic E-state index is 0.0365. The monoisotopic (exact) mass is 200 g/mol. The van der Waals surface area contributed by atoms with Gasteiger partial charge in [0, 0.05) is 12.2 Å². The minimum Gasteiger partial charge on any atom is -0.324 e. The second-order valence-corrected chi connectivity index (χ2v) is 3.81. The number of nitrogens with two attached hydrogens (primary N) is 1. The Morgan fingerprint density at radius 1 is 1.62 bits per heavy atom. The molecule has 0 aromatic carbocycles. The molecule has 0 radical (unpaired) electrons. The number of rotatable bonds is 2. The normalized spacial score (nSPS) is 18.7. The average Bonchev–Trinajstić information content (AvgIpc) is 2.91. The second-order valence-electron chi connectivity index (χ2n) is 3.40. The number of hydrogen-bond donors (Lipinski definition) is 1. The van der Waals surface area contributed by atoms with Gasteiger partial charge >= 0.3 is 0 Å². The van der Waals surface area contributed by atoms with Gasteiger partial charge in [0.25, 0.3) is 0 Å².